The van der Waals surface area contributed by atoms with E-state index in [1.54, 1.807) is 56.9 Å². The molecule has 1 unspecified atom stereocenters. The second-order valence-corrected chi connectivity index (χ2v) is 18.6. The molecule has 1 amide bonds. The monoisotopic (exact) mass is 567 g/mol. The first-order valence-electron chi connectivity index (χ1n) is 12.9. The molecule has 0 spiro atoms. The third-order valence-corrected chi connectivity index (χ3v) is 12.7. The van der Waals surface area contributed by atoms with Gasteiger partial charge in [0.05, 0.1) is 12.0 Å². The Hall–Kier alpha value is -2.21. The van der Waals surface area contributed by atoms with Crippen LogP contribution in [0.3, 0.4) is 0 Å². The first kappa shape index (κ1) is 32.0. The number of ether oxygens (including phenoxy) is 2. The van der Waals surface area contributed by atoms with Crippen molar-refractivity contribution in [1.29, 1.82) is 0 Å². The number of methoxy groups -OCH3 is 1. The van der Waals surface area contributed by atoms with E-state index in [9.17, 15) is 13.2 Å². The zero-order chi connectivity index (χ0) is 28.9. The van der Waals surface area contributed by atoms with E-state index in [1.807, 2.05) is 0 Å². The summed E-state index contributed by atoms with van der Waals surface area (Å²) in [7, 11) is -4.33. The minimum absolute atomic E-state index is 0.0896. The summed E-state index contributed by atoms with van der Waals surface area (Å²) in [4.78, 5) is 18.8. The molecule has 0 aliphatic heterocycles. The molecule has 1 aromatic carbocycles. The highest BCUT2D eigenvalue weighted by Crippen LogP contribution is 2.36. The molecule has 0 saturated heterocycles. The summed E-state index contributed by atoms with van der Waals surface area (Å²) in [6.45, 7) is 19.1. The van der Waals surface area contributed by atoms with Crippen LogP contribution in [0.5, 0.6) is 5.88 Å². The van der Waals surface area contributed by atoms with Gasteiger partial charge < -0.3 is 18.8 Å². The van der Waals surface area contributed by atoms with Gasteiger partial charge in [0.25, 0.3) is 0 Å². The molecule has 1 heterocycles. The van der Waals surface area contributed by atoms with Gasteiger partial charge in [0.2, 0.25) is 15.9 Å². The zero-order valence-electron chi connectivity index (χ0n) is 24.5. The molecule has 2 aromatic rings. The largest absolute Gasteiger partial charge is 0.481 e. The Morgan fingerprint density at radius 2 is 1.76 bits per heavy atom. The second kappa shape index (κ2) is 12.3. The molecule has 1 atom stereocenters. The van der Waals surface area contributed by atoms with Crippen LogP contribution in [-0.4, -0.2) is 71.2 Å². The van der Waals surface area contributed by atoms with Crippen molar-refractivity contribution >= 4 is 35.2 Å². The van der Waals surface area contributed by atoms with E-state index in [2.05, 4.69) is 43.6 Å². The van der Waals surface area contributed by atoms with Gasteiger partial charge in [-0.2, -0.15) is 0 Å². The molecule has 2 rings (SSSR count). The number of benzene rings is 1. The lowest BCUT2D eigenvalue weighted by atomic mass is 10.2. The average Bonchev–Trinajstić information content (AvgIpc) is 2.77. The Balaban J connectivity index is 2.17. The summed E-state index contributed by atoms with van der Waals surface area (Å²) in [5, 5.41) is 1.19. The lowest BCUT2D eigenvalue weighted by molar-refractivity contribution is 0.0230. The number of carbonyl (C=O) groups excluding carboxylic acids is 1. The van der Waals surface area contributed by atoms with Gasteiger partial charge in [-0.05, 0) is 70.4 Å². The Labute approximate surface area is 229 Å². The standard InChI is InChI=1S/C27H45N3O6SSi/c1-20(29-37(32,33)23-14-11-13-22-21(23)15-16-28-24(22)34-8)19-30(25(31)36-26(2,3)4)17-12-18-35-38(9,10)27(5,6)7/h11,13-16,20,29H,12,17-19H2,1-10H3. The van der Waals surface area contributed by atoms with Crippen LogP contribution < -0.4 is 9.46 Å². The van der Waals surface area contributed by atoms with Gasteiger partial charge in [0.1, 0.15) is 5.60 Å². The van der Waals surface area contributed by atoms with Gasteiger partial charge in [0, 0.05) is 42.7 Å². The number of sulfonamides is 1. The maximum atomic E-state index is 13.4. The summed E-state index contributed by atoms with van der Waals surface area (Å²) in [6, 6.07) is 6.03. The van der Waals surface area contributed by atoms with Crippen LogP contribution in [0, 0.1) is 0 Å². The predicted molar refractivity (Wildman–Crippen MR) is 154 cm³/mol. The summed E-state index contributed by atoms with van der Waals surface area (Å²) < 4.78 is 46.6. The van der Waals surface area contributed by atoms with Crippen LogP contribution >= 0.6 is 0 Å². The molecule has 11 heteroatoms. The molecular formula is C27H45N3O6SSi. The molecule has 1 N–H and O–H groups in total. The lowest BCUT2D eigenvalue weighted by Crippen LogP contribution is -2.46. The van der Waals surface area contributed by atoms with Gasteiger partial charge in [-0.3, -0.25) is 0 Å². The lowest BCUT2D eigenvalue weighted by Gasteiger charge is -2.36. The molecule has 0 saturated carbocycles. The molecule has 9 nitrogen and oxygen atoms in total. The second-order valence-electron chi connectivity index (χ2n) is 12.1. The molecule has 38 heavy (non-hydrogen) atoms. The van der Waals surface area contributed by atoms with Gasteiger partial charge in [-0.1, -0.05) is 26.8 Å². The third-order valence-electron chi connectivity index (χ3n) is 6.56. The van der Waals surface area contributed by atoms with Gasteiger partial charge in [-0.15, -0.1) is 0 Å². The van der Waals surface area contributed by atoms with Crippen LogP contribution in [0.15, 0.2) is 35.4 Å². The Morgan fingerprint density at radius 3 is 2.34 bits per heavy atom. The van der Waals surface area contributed by atoms with Crippen LogP contribution in [-0.2, 0) is 19.2 Å². The van der Waals surface area contributed by atoms with Crippen molar-refractivity contribution in [2.75, 3.05) is 26.8 Å². The number of nitrogens with zero attached hydrogens (tertiary/aromatic N) is 2. The van der Waals surface area contributed by atoms with Gasteiger partial charge in [-0.25, -0.2) is 22.9 Å². The average molecular weight is 568 g/mol. The highest BCUT2D eigenvalue weighted by atomic mass is 32.2. The summed E-state index contributed by atoms with van der Waals surface area (Å²) in [6.07, 6.45) is 1.64. The van der Waals surface area contributed by atoms with Crippen molar-refractivity contribution < 1.29 is 27.1 Å². The highest BCUT2D eigenvalue weighted by Gasteiger charge is 2.37. The first-order chi connectivity index (χ1) is 17.4. The smallest absolute Gasteiger partial charge is 0.410 e. The fourth-order valence-corrected chi connectivity index (χ4v) is 6.17. The fraction of sp³-hybridized carbons (Fsp3) is 0.630. The molecular weight excluding hydrogens is 522 g/mol. The summed E-state index contributed by atoms with van der Waals surface area (Å²) in [5.74, 6) is 0.351. The Morgan fingerprint density at radius 1 is 1.11 bits per heavy atom. The number of hydrogen-bond donors (Lipinski definition) is 1. The quantitative estimate of drug-likeness (QED) is 0.280. The molecule has 0 aliphatic carbocycles. The van der Waals surface area contributed by atoms with Crippen LogP contribution in [0.2, 0.25) is 18.1 Å². The molecule has 0 bridgehead atoms. The van der Waals surface area contributed by atoms with E-state index in [0.29, 0.717) is 36.2 Å². The topological polar surface area (TPSA) is 107 Å². The van der Waals surface area contributed by atoms with Gasteiger partial charge in [0.15, 0.2) is 8.32 Å². The van der Waals surface area contributed by atoms with Crippen molar-refractivity contribution in [1.82, 2.24) is 14.6 Å². The Kier molecular flexibility index (Phi) is 10.4. The first-order valence-corrected chi connectivity index (χ1v) is 17.3. The minimum atomic E-state index is -3.91. The van der Waals surface area contributed by atoms with E-state index in [1.165, 1.54) is 13.3 Å². The molecule has 0 fully saturated rings. The number of hydrogen-bond acceptors (Lipinski definition) is 7. The highest BCUT2D eigenvalue weighted by molar-refractivity contribution is 7.89. The van der Waals surface area contributed by atoms with Crippen LogP contribution in [0.4, 0.5) is 4.79 Å². The van der Waals surface area contributed by atoms with E-state index in [-0.39, 0.29) is 16.5 Å². The number of pyridine rings is 1. The Bertz CT molecular complexity index is 1210. The summed E-state index contributed by atoms with van der Waals surface area (Å²) in [5.41, 5.74) is -0.675. The molecule has 0 radical (unpaired) electrons. The van der Waals surface area contributed by atoms with Crippen molar-refractivity contribution in [3.63, 3.8) is 0 Å². The van der Waals surface area contributed by atoms with Crippen molar-refractivity contribution in [2.45, 2.75) is 89.6 Å². The fourth-order valence-electron chi connectivity index (χ4n) is 3.63. The normalized spacial score (nSPS) is 13.8. The van der Waals surface area contributed by atoms with Crippen molar-refractivity contribution in [2.24, 2.45) is 0 Å². The number of nitrogens with one attached hydrogen (secondary N) is 1. The van der Waals surface area contributed by atoms with Crippen LogP contribution in [0.1, 0.15) is 54.9 Å². The molecule has 0 aliphatic rings. The van der Waals surface area contributed by atoms with Crippen molar-refractivity contribution in [3.8, 4) is 5.88 Å². The van der Waals surface area contributed by atoms with E-state index < -0.39 is 36.1 Å². The number of rotatable bonds is 11. The number of carbonyl (C=O) groups is 1. The maximum absolute atomic E-state index is 13.4. The predicted octanol–water partition coefficient (Wildman–Crippen LogP) is 5.56. The van der Waals surface area contributed by atoms with Gasteiger partial charge >= 0.3 is 6.09 Å². The third kappa shape index (κ3) is 8.65. The van der Waals surface area contributed by atoms with E-state index in [4.69, 9.17) is 13.9 Å². The number of amides is 1. The number of aromatic nitrogens is 1. The SMILES string of the molecule is COc1nccc2c(S(=O)(=O)NC(C)CN(CCCO[Si](C)(C)C(C)(C)C)C(=O)OC(C)(C)C)cccc12. The van der Waals surface area contributed by atoms with Crippen molar-refractivity contribution in [3.05, 3.63) is 30.5 Å². The summed E-state index contributed by atoms with van der Waals surface area (Å²) >= 11 is 0. The number of fused-ring (bicyclic) bond motifs is 1. The minimum Gasteiger partial charge on any atom is -0.481 e. The van der Waals surface area contributed by atoms with E-state index >= 15 is 0 Å². The maximum Gasteiger partial charge on any atom is 0.410 e. The zero-order valence-corrected chi connectivity index (χ0v) is 26.4. The van der Waals surface area contributed by atoms with Crippen LogP contribution in [0.25, 0.3) is 10.8 Å². The molecule has 214 valence electrons. The molecule has 1 aromatic heterocycles. The van der Waals surface area contributed by atoms with E-state index in [0.717, 1.165) is 0 Å².